The predicted octanol–water partition coefficient (Wildman–Crippen LogP) is 0.0322. The van der Waals surface area contributed by atoms with Crippen LogP contribution in [0.25, 0.3) is 0 Å². The number of aliphatic hydroxyl groups excluding tert-OH is 1. The average Bonchev–Trinajstić information content (AvgIpc) is 2.24. The molecule has 0 spiro atoms. The zero-order valence-electron chi connectivity index (χ0n) is 11.0. The van der Waals surface area contributed by atoms with Gasteiger partial charge in [-0.25, -0.2) is 0 Å². The minimum atomic E-state index is -0.339. The molecule has 1 saturated heterocycles. The van der Waals surface area contributed by atoms with Gasteiger partial charge in [0.1, 0.15) is 6.61 Å². The van der Waals surface area contributed by atoms with Crippen molar-refractivity contribution < 1.29 is 14.6 Å². The van der Waals surface area contributed by atoms with E-state index >= 15 is 0 Å². The van der Waals surface area contributed by atoms with Crippen molar-refractivity contribution in [2.24, 2.45) is 0 Å². The molecule has 0 bridgehead atoms. The van der Waals surface area contributed by atoms with Gasteiger partial charge in [-0.1, -0.05) is 6.92 Å². The van der Waals surface area contributed by atoms with Gasteiger partial charge in [0.2, 0.25) is 5.91 Å². The van der Waals surface area contributed by atoms with Crippen LogP contribution in [-0.2, 0) is 9.53 Å². The lowest BCUT2D eigenvalue weighted by atomic mass is 9.95. The quantitative estimate of drug-likeness (QED) is 0.591. The van der Waals surface area contributed by atoms with Crippen molar-refractivity contribution in [2.45, 2.75) is 44.8 Å². The Hall–Kier alpha value is -0.650. The fourth-order valence-electron chi connectivity index (χ4n) is 1.77. The third-order valence-electron chi connectivity index (χ3n) is 3.43. The third kappa shape index (κ3) is 4.26. The first-order chi connectivity index (χ1) is 7.93. The highest BCUT2D eigenvalue weighted by Gasteiger charge is 2.33. The maximum absolute atomic E-state index is 11.7. The number of carbonyl (C=O) groups is 1. The summed E-state index contributed by atoms with van der Waals surface area (Å²) in [4.78, 5) is 11.7. The summed E-state index contributed by atoms with van der Waals surface area (Å²) in [6.07, 6.45) is 1.35. The second-order valence-electron chi connectivity index (χ2n) is 5.28. The van der Waals surface area contributed by atoms with Crippen molar-refractivity contribution in [3.63, 3.8) is 0 Å². The van der Waals surface area contributed by atoms with E-state index in [-0.39, 0.29) is 30.3 Å². The molecule has 0 aromatic rings. The number of hydrogen-bond donors (Lipinski definition) is 3. The smallest absolute Gasteiger partial charge is 0.246 e. The lowest BCUT2D eigenvalue weighted by molar-refractivity contribution is -0.137. The molecule has 1 rings (SSSR count). The van der Waals surface area contributed by atoms with E-state index in [1.807, 2.05) is 20.8 Å². The monoisotopic (exact) mass is 244 g/mol. The maximum Gasteiger partial charge on any atom is 0.246 e. The van der Waals surface area contributed by atoms with Gasteiger partial charge in [0.05, 0.1) is 5.60 Å². The Bertz CT molecular complexity index is 266. The van der Waals surface area contributed by atoms with Crippen LogP contribution in [0, 0.1) is 0 Å². The molecule has 1 fully saturated rings. The first-order valence-electron chi connectivity index (χ1n) is 6.20. The van der Waals surface area contributed by atoms with E-state index in [0.717, 1.165) is 19.5 Å². The number of nitrogens with one attached hydrogen (secondary N) is 2. The summed E-state index contributed by atoms with van der Waals surface area (Å²) in [5.41, 5.74) is -0.537. The number of aliphatic hydroxyl groups is 1. The standard InChI is InChI=1S/C12H24N2O3/c1-4-11(2,5-6-15)14-10(16)7-17-12(3)8-13-9-12/h13,15H,4-9H2,1-3H3,(H,14,16). The highest BCUT2D eigenvalue weighted by Crippen LogP contribution is 2.16. The van der Waals surface area contributed by atoms with E-state index in [9.17, 15) is 4.79 Å². The van der Waals surface area contributed by atoms with Gasteiger partial charge in [0, 0.05) is 25.2 Å². The van der Waals surface area contributed by atoms with E-state index < -0.39 is 0 Å². The highest BCUT2D eigenvalue weighted by molar-refractivity contribution is 5.78. The van der Waals surface area contributed by atoms with Crippen LogP contribution in [0.4, 0.5) is 0 Å². The average molecular weight is 244 g/mol. The minimum absolute atomic E-state index is 0.0765. The predicted molar refractivity (Wildman–Crippen MR) is 65.8 cm³/mol. The molecule has 1 amide bonds. The molecular formula is C12H24N2O3. The molecule has 0 radical (unpaired) electrons. The van der Waals surface area contributed by atoms with Crippen LogP contribution in [0.5, 0.6) is 0 Å². The van der Waals surface area contributed by atoms with Crippen LogP contribution >= 0.6 is 0 Å². The van der Waals surface area contributed by atoms with Gasteiger partial charge < -0.3 is 20.5 Å². The van der Waals surface area contributed by atoms with Crippen molar-refractivity contribution >= 4 is 5.91 Å². The van der Waals surface area contributed by atoms with Crippen LogP contribution in [0.3, 0.4) is 0 Å². The van der Waals surface area contributed by atoms with E-state index in [2.05, 4.69) is 10.6 Å². The minimum Gasteiger partial charge on any atom is -0.396 e. The van der Waals surface area contributed by atoms with Crippen molar-refractivity contribution in [3.8, 4) is 0 Å². The van der Waals surface area contributed by atoms with Gasteiger partial charge in [0.15, 0.2) is 0 Å². The Morgan fingerprint density at radius 3 is 2.65 bits per heavy atom. The third-order valence-corrected chi connectivity index (χ3v) is 3.43. The largest absolute Gasteiger partial charge is 0.396 e. The molecule has 100 valence electrons. The molecule has 3 N–H and O–H groups in total. The molecule has 5 nitrogen and oxygen atoms in total. The molecule has 1 heterocycles. The van der Waals surface area contributed by atoms with Gasteiger partial charge in [0.25, 0.3) is 0 Å². The van der Waals surface area contributed by atoms with E-state index in [1.165, 1.54) is 0 Å². The Morgan fingerprint density at radius 2 is 2.24 bits per heavy atom. The summed E-state index contributed by atoms with van der Waals surface area (Å²) in [5.74, 6) is -0.115. The van der Waals surface area contributed by atoms with Crippen molar-refractivity contribution in [1.82, 2.24) is 10.6 Å². The zero-order valence-corrected chi connectivity index (χ0v) is 11.0. The Morgan fingerprint density at radius 1 is 1.59 bits per heavy atom. The van der Waals surface area contributed by atoms with E-state index in [1.54, 1.807) is 0 Å². The van der Waals surface area contributed by atoms with Gasteiger partial charge >= 0.3 is 0 Å². The SMILES string of the molecule is CCC(C)(CCO)NC(=O)COC1(C)CNC1. The zero-order chi connectivity index (χ0) is 12.9. The first kappa shape index (κ1) is 14.4. The van der Waals surface area contributed by atoms with Gasteiger partial charge in [-0.05, 0) is 26.7 Å². The van der Waals surface area contributed by atoms with Crippen molar-refractivity contribution in [3.05, 3.63) is 0 Å². The van der Waals surface area contributed by atoms with Crippen LogP contribution in [-0.4, -0.2) is 48.5 Å². The molecule has 1 atom stereocenters. The lowest BCUT2D eigenvalue weighted by Gasteiger charge is -2.39. The molecule has 1 aliphatic heterocycles. The first-order valence-corrected chi connectivity index (χ1v) is 6.20. The van der Waals surface area contributed by atoms with Crippen LogP contribution in [0.2, 0.25) is 0 Å². The summed E-state index contributed by atoms with van der Waals surface area (Å²) in [6.45, 7) is 7.67. The molecule has 5 heteroatoms. The van der Waals surface area contributed by atoms with E-state index in [0.29, 0.717) is 6.42 Å². The number of carbonyl (C=O) groups excluding carboxylic acids is 1. The van der Waals surface area contributed by atoms with Gasteiger partial charge in [-0.3, -0.25) is 4.79 Å². The maximum atomic E-state index is 11.7. The molecule has 0 saturated carbocycles. The van der Waals surface area contributed by atoms with Gasteiger partial charge in [-0.15, -0.1) is 0 Å². The Balaban J connectivity index is 2.32. The molecule has 0 aromatic carbocycles. The topological polar surface area (TPSA) is 70.6 Å². The fourth-order valence-corrected chi connectivity index (χ4v) is 1.77. The second-order valence-corrected chi connectivity index (χ2v) is 5.28. The fraction of sp³-hybridized carbons (Fsp3) is 0.917. The molecule has 1 aliphatic rings. The Kier molecular flexibility index (Phi) is 4.91. The normalized spacial score (nSPS) is 21.4. The molecule has 1 unspecified atom stereocenters. The van der Waals surface area contributed by atoms with Crippen molar-refractivity contribution in [1.29, 1.82) is 0 Å². The highest BCUT2D eigenvalue weighted by atomic mass is 16.5. The Labute approximate surface area is 103 Å². The molecule has 0 aliphatic carbocycles. The molecule has 17 heavy (non-hydrogen) atoms. The summed E-state index contributed by atoms with van der Waals surface area (Å²) in [6, 6.07) is 0. The number of rotatable bonds is 7. The second kappa shape index (κ2) is 5.80. The molecule has 0 aromatic heterocycles. The summed E-state index contributed by atoms with van der Waals surface area (Å²) >= 11 is 0. The number of amides is 1. The van der Waals surface area contributed by atoms with Crippen LogP contribution in [0.15, 0.2) is 0 Å². The summed E-state index contributed by atoms with van der Waals surface area (Å²) in [7, 11) is 0. The lowest BCUT2D eigenvalue weighted by Crippen LogP contribution is -2.60. The van der Waals surface area contributed by atoms with E-state index in [4.69, 9.17) is 9.84 Å². The molecular weight excluding hydrogens is 220 g/mol. The number of ether oxygens (including phenoxy) is 1. The van der Waals surface area contributed by atoms with Crippen molar-refractivity contribution in [2.75, 3.05) is 26.3 Å². The summed E-state index contributed by atoms with van der Waals surface area (Å²) in [5, 5.41) is 15.0. The number of hydrogen-bond acceptors (Lipinski definition) is 4. The van der Waals surface area contributed by atoms with Crippen LogP contribution < -0.4 is 10.6 Å². The van der Waals surface area contributed by atoms with Crippen LogP contribution in [0.1, 0.15) is 33.6 Å². The van der Waals surface area contributed by atoms with Gasteiger partial charge in [-0.2, -0.15) is 0 Å². The summed E-state index contributed by atoms with van der Waals surface area (Å²) < 4.78 is 5.56.